The predicted octanol–water partition coefficient (Wildman–Crippen LogP) is -2.34. The Balaban J connectivity index is 2.76. The number of hydrogen-bond donors (Lipinski definition) is 5. The number of nitrogens with zero attached hydrogens (tertiary/aromatic N) is 1. The minimum atomic E-state index is -1.10. The molecule has 1 fully saturated rings. The van der Waals surface area contributed by atoms with Gasteiger partial charge in [-0.1, -0.05) is 0 Å². The van der Waals surface area contributed by atoms with E-state index in [-0.39, 0.29) is 12.8 Å². The summed E-state index contributed by atoms with van der Waals surface area (Å²) in [6, 6.07) is -3.88. The van der Waals surface area contributed by atoms with Gasteiger partial charge in [0.2, 0.25) is 23.6 Å². The van der Waals surface area contributed by atoms with Crippen LogP contribution in [-0.2, 0) is 24.0 Å². The first-order valence-corrected chi connectivity index (χ1v) is 8.72. The molecule has 7 N–H and O–H groups in total. The van der Waals surface area contributed by atoms with Crippen LogP contribution in [0.4, 0.5) is 0 Å². The molecule has 1 saturated heterocycles. The molecule has 0 spiro atoms. The normalized spacial score (nSPS) is 19.7. The van der Waals surface area contributed by atoms with Crippen LogP contribution in [0.5, 0.6) is 0 Å². The van der Waals surface area contributed by atoms with Crippen molar-refractivity contribution in [3.63, 3.8) is 0 Å². The second-order valence-electron chi connectivity index (χ2n) is 6.61. The van der Waals surface area contributed by atoms with E-state index in [1.165, 1.54) is 18.7 Å². The molecule has 4 atom stereocenters. The summed E-state index contributed by atoms with van der Waals surface area (Å²) in [5.41, 5.74) is 10.5. The first-order valence-electron chi connectivity index (χ1n) is 8.72. The average molecular weight is 385 g/mol. The minimum Gasteiger partial charge on any atom is -0.480 e. The lowest BCUT2D eigenvalue weighted by atomic mass is 10.1. The summed E-state index contributed by atoms with van der Waals surface area (Å²) in [4.78, 5) is 60.1. The van der Waals surface area contributed by atoms with E-state index in [2.05, 4.69) is 10.6 Å². The van der Waals surface area contributed by atoms with Gasteiger partial charge in [-0.3, -0.25) is 19.2 Å². The molecular weight excluding hydrogens is 358 g/mol. The SMILES string of the molecule is CC(N)C(=O)NC(CCC(N)=O)C(=O)NC(C)C(=O)N1CCCC1C(=O)O. The Hall–Kier alpha value is -2.69. The van der Waals surface area contributed by atoms with Crippen LogP contribution in [0, 0.1) is 0 Å². The summed E-state index contributed by atoms with van der Waals surface area (Å²) in [5, 5.41) is 14.0. The van der Waals surface area contributed by atoms with Gasteiger partial charge in [0, 0.05) is 13.0 Å². The Labute approximate surface area is 156 Å². The van der Waals surface area contributed by atoms with Crippen LogP contribution in [0.3, 0.4) is 0 Å². The van der Waals surface area contributed by atoms with Gasteiger partial charge in [0.15, 0.2) is 0 Å². The van der Waals surface area contributed by atoms with E-state index in [1.807, 2.05) is 0 Å². The van der Waals surface area contributed by atoms with E-state index in [0.29, 0.717) is 19.4 Å². The molecule has 0 aromatic carbocycles. The maximum absolute atomic E-state index is 12.5. The van der Waals surface area contributed by atoms with Gasteiger partial charge in [0.1, 0.15) is 18.1 Å². The molecule has 11 nitrogen and oxygen atoms in total. The van der Waals surface area contributed by atoms with Crippen molar-refractivity contribution in [2.24, 2.45) is 11.5 Å². The molecule has 4 amide bonds. The quantitative estimate of drug-likeness (QED) is 0.294. The third-order valence-electron chi connectivity index (χ3n) is 4.28. The molecule has 1 heterocycles. The van der Waals surface area contributed by atoms with Crippen LogP contribution in [0.25, 0.3) is 0 Å². The number of carboxylic acid groups (broad SMARTS) is 1. The topological polar surface area (TPSA) is 185 Å². The second-order valence-corrected chi connectivity index (χ2v) is 6.61. The van der Waals surface area contributed by atoms with E-state index in [0.717, 1.165) is 0 Å². The lowest BCUT2D eigenvalue weighted by Gasteiger charge is -2.27. The first kappa shape index (κ1) is 22.4. The number of carbonyl (C=O) groups is 5. The fourth-order valence-electron chi connectivity index (χ4n) is 2.77. The number of rotatable bonds is 9. The largest absolute Gasteiger partial charge is 0.480 e. The lowest BCUT2D eigenvalue weighted by Crippen LogP contribution is -2.56. The van der Waals surface area contributed by atoms with Crippen molar-refractivity contribution in [1.82, 2.24) is 15.5 Å². The lowest BCUT2D eigenvalue weighted by molar-refractivity contribution is -0.149. The highest BCUT2D eigenvalue weighted by Crippen LogP contribution is 2.18. The standard InChI is InChI=1S/C16H27N5O6/c1-8(17)13(23)20-10(5-6-12(18)22)14(24)19-9(2)15(25)21-7-3-4-11(21)16(26)27/h8-11H,3-7,17H2,1-2H3,(H2,18,22)(H,19,24)(H,20,23)(H,26,27). The number of aliphatic carboxylic acids is 1. The fourth-order valence-corrected chi connectivity index (χ4v) is 2.77. The zero-order valence-electron chi connectivity index (χ0n) is 15.4. The summed E-state index contributed by atoms with van der Waals surface area (Å²) >= 11 is 0. The highest BCUT2D eigenvalue weighted by molar-refractivity contribution is 5.94. The summed E-state index contributed by atoms with van der Waals surface area (Å²) < 4.78 is 0. The molecule has 1 aliphatic rings. The van der Waals surface area contributed by atoms with Gasteiger partial charge in [-0.2, -0.15) is 0 Å². The number of likely N-dealkylation sites (tertiary alicyclic amines) is 1. The number of carbonyl (C=O) groups excluding carboxylic acids is 4. The first-order chi connectivity index (χ1) is 12.5. The molecule has 0 aromatic rings. The van der Waals surface area contributed by atoms with Gasteiger partial charge in [0.25, 0.3) is 0 Å². The molecule has 0 aliphatic carbocycles. The van der Waals surface area contributed by atoms with E-state index in [1.54, 1.807) is 0 Å². The van der Waals surface area contributed by atoms with Crippen LogP contribution in [0.1, 0.15) is 39.5 Å². The molecule has 4 unspecified atom stereocenters. The van der Waals surface area contributed by atoms with Gasteiger partial charge < -0.3 is 32.1 Å². The Morgan fingerprint density at radius 3 is 2.30 bits per heavy atom. The summed E-state index contributed by atoms with van der Waals surface area (Å²) in [6.07, 6.45) is 0.720. The third-order valence-corrected chi connectivity index (χ3v) is 4.28. The second kappa shape index (κ2) is 9.86. The van der Waals surface area contributed by atoms with Crippen molar-refractivity contribution in [1.29, 1.82) is 0 Å². The summed E-state index contributed by atoms with van der Waals surface area (Å²) in [5.74, 6) is -3.54. The molecular formula is C16H27N5O6. The maximum Gasteiger partial charge on any atom is 0.326 e. The zero-order valence-corrected chi connectivity index (χ0v) is 15.4. The molecule has 1 aliphatic heterocycles. The monoisotopic (exact) mass is 385 g/mol. The highest BCUT2D eigenvalue weighted by Gasteiger charge is 2.36. The average Bonchev–Trinajstić information content (AvgIpc) is 3.06. The predicted molar refractivity (Wildman–Crippen MR) is 94.0 cm³/mol. The van der Waals surface area contributed by atoms with E-state index >= 15 is 0 Å². The van der Waals surface area contributed by atoms with E-state index in [9.17, 15) is 29.1 Å². The number of nitrogens with two attached hydrogens (primary N) is 2. The van der Waals surface area contributed by atoms with Crippen LogP contribution in [-0.4, -0.2) is 70.3 Å². The Morgan fingerprint density at radius 2 is 1.78 bits per heavy atom. The molecule has 0 saturated carbocycles. The van der Waals surface area contributed by atoms with Crippen molar-refractivity contribution in [3.8, 4) is 0 Å². The summed E-state index contributed by atoms with van der Waals surface area (Å²) in [7, 11) is 0. The van der Waals surface area contributed by atoms with Crippen LogP contribution >= 0.6 is 0 Å². The van der Waals surface area contributed by atoms with Crippen molar-refractivity contribution >= 4 is 29.6 Å². The maximum atomic E-state index is 12.5. The van der Waals surface area contributed by atoms with Gasteiger partial charge in [-0.05, 0) is 33.1 Å². The fraction of sp³-hybridized carbons (Fsp3) is 0.688. The van der Waals surface area contributed by atoms with Crippen molar-refractivity contribution in [2.75, 3.05) is 6.54 Å². The van der Waals surface area contributed by atoms with E-state index in [4.69, 9.17) is 11.5 Å². The van der Waals surface area contributed by atoms with Crippen molar-refractivity contribution in [2.45, 2.75) is 63.7 Å². The molecule has 0 radical (unpaired) electrons. The third kappa shape index (κ3) is 6.51. The zero-order chi connectivity index (χ0) is 20.7. The molecule has 152 valence electrons. The van der Waals surface area contributed by atoms with Crippen molar-refractivity contribution in [3.05, 3.63) is 0 Å². The van der Waals surface area contributed by atoms with Gasteiger partial charge in [-0.25, -0.2) is 4.79 Å². The number of amides is 4. The summed E-state index contributed by atoms with van der Waals surface area (Å²) in [6.45, 7) is 3.16. The van der Waals surface area contributed by atoms with Crippen LogP contribution in [0.15, 0.2) is 0 Å². The Bertz CT molecular complexity index is 608. The minimum absolute atomic E-state index is 0.0536. The van der Waals surface area contributed by atoms with E-state index < -0.39 is 53.8 Å². The van der Waals surface area contributed by atoms with Crippen molar-refractivity contribution < 1.29 is 29.1 Å². The van der Waals surface area contributed by atoms with Gasteiger partial charge >= 0.3 is 5.97 Å². The molecule has 1 rings (SSSR count). The van der Waals surface area contributed by atoms with Gasteiger partial charge in [-0.15, -0.1) is 0 Å². The molecule has 27 heavy (non-hydrogen) atoms. The Kier molecular flexibility index (Phi) is 8.16. The molecule has 0 bridgehead atoms. The highest BCUT2D eigenvalue weighted by atomic mass is 16.4. The van der Waals surface area contributed by atoms with Crippen LogP contribution < -0.4 is 22.1 Å². The van der Waals surface area contributed by atoms with Gasteiger partial charge in [0.05, 0.1) is 6.04 Å². The Morgan fingerprint density at radius 1 is 1.15 bits per heavy atom. The number of hydrogen-bond acceptors (Lipinski definition) is 6. The molecule has 0 aromatic heterocycles. The van der Waals surface area contributed by atoms with Crippen LogP contribution in [0.2, 0.25) is 0 Å². The number of nitrogens with one attached hydrogen (secondary N) is 2. The smallest absolute Gasteiger partial charge is 0.326 e. The number of carboxylic acids is 1. The number of primary amides is 1. The molecule has 11 heteroatoms.